The zero-order chi connectivity index (χ0) is 16.4. The van der Waals surface area contributed by atoms with Gasteiger partial charge < -0.3 is 14.4 Å². The van der Waals surface area contributed by atoms with Gasteiger partial charge in [-0.1, -0.05) is 29.3 Å². The van der Waals surface area contributed by atoms with Crippen LogP contribution in [0.1, 0.15) is 18.3 Å². The van der Waals surface area contributed by atoms with Crippen molar-refractivity contribution in [3.8, 4) is 5.75 Å². The number of fused-ring (bicyclic) bond motifs is 1. The minimum Gasteiger partial charge on any atom is -0.486 e. The van der Waals surface area contributed by atoms with E-state index in [1.54, 1.807) is 6.92 Å². The zero-order valence-electron chi connectivity index (χ0n) is 13.2. The summed E-state index contributed by atoms with van der Waals surface area (Å²) in [5.41, 5.74) is 2.94. The predicted octanol–water partition coefficient (Wildman–Crippen LogP) is 3.96. The number of ether oxygens (including phenoxy) is 1. The molecule has 1 atom stereocenters. The van der Waals surface area contributed by atoms with Crippen LogP contribution in [0.4, 0.5) is 0 Å². The van der Waals surface area contributed by atoms with Crippen LogP contribution in [0.2, 0.25) is 5.02 Å². The summed E-state index contributed by atoms with van der Waals surface area (Å²) in [6.07, 6.45) is -0.471. The fraction of sp³-hybridized carbons (Fsp3) is 0.278. The SMILES string of the molecule is Cc1ccc(OCc2nc3cc(Cl)ccc3n2CC(C)O)cc1. The van der Waals surface area contributed by atoms with Gasteiger partial charge in [-0.2, -0.15) is 0 Å². The summed E-state index contributed by atoms with van der Waals surface area (Å²) in [6.45, 7) is 4.59. The van der Waals surface area contributed by atoms with Gasteiger partial charge in [-0.3, -0.25) is 0 Å². The lowest BCUT2D eigenvalue weighted by molar-refractivity contribution is 0.171. The molecule has 3 rings (SSSR count). The summed E-state index contributed by atoms with van der Waals surface area (Å²) < 4.78 is 7.81. The second-order valence-electron chi connectivity index (χ2n) is 5.72. The Kier molecular flexibility index (Phi) is 4.55. The highest BCUT2D eigenvalue weighted by Gasteiger charge is 2.13. The largest absolute Gasteiger partial charge is 0.486 e. The fourth-order valence-electron chi connectivity index (χ4n) is 2.51. The van der Waals surface area contributed by atoms with Gasteiger partial charge in [0.1, 0.15) is 18.2 Å². The van der Waals surface area contributed by atoms with Crippen molar-refractivity contribution in [2.45, 2.75) is 33.1 Å². The van der Waals surface area contributed by atoms with Gasteiger partial charge in [0.15, 0.2) is 0 Å². The third-order valence-corrected chi connectivity index (χ3v) is 3.86. The molecular formula is C18H19ClN2O2. The number of halogens is 1. The molecule has 0 aliphatic rings. The molecule has 4 nitrogen and oxygen atoms in total. The highest BCUT2D eigenvalue weighted by molar-refractivity contribution is 6.31. The summed E-state index contributed by atoms with van der Waals surface area (Å²) in [6, 6.07) is 13.5. The van der Waals surface area contributed by atoms with Gasteiger partial charge in [0, 0.05) is 5.02 Å². The van der Waals surface area contributed by atoms with E-state index in [4.69, 9.17) is 16.3 Å². The van der Waals surface area contributed by atoms with Crippen LogP contribution in [0.3, 0.4) is 0 Å². The van der Waals surface area contributed by atoms with E-state index in [1.165, 1.54) is 5.56 Å². The molecule has 1 N–H and O–H groups in total. The number of aliphatic hydroxyl groups is 1. The Morgan fingerprint density at radius 1 is 1.22 bits per heavy atom. The number of aryl methyl sites for hydroxylation is 1. The Balaban J connectivity index is 1.90. The van der Waals surface area contributed by atoms with Crippen molar-refractivity contribution in [3.63, 3.8) is 0 Å². The molecule has 0 aliphatic carbocycles. The lowest BCUT2D eigenvalue weighted by atomic mass is 10.2. The van der Waals surface area contributed by atoms with E-state index in [9.17, 15) is 5.11 Å². The second kappa shape index (κ2) is 6.60. The number of benzene rings is 2. The third-order valence-electron chi connectivity index (χ3n) is 3.63. The molecule has 0 bridgehead atoms. The Labute approximate surface area is 140 Å². The molecular weight excluding hydrogens is 312 g/mol. The van der Waals surface area contributed by atoms with Gasteiger partial charge in [-0.15, -0.1) is 0 Å². The first-order valence-corrected chi connectivity index (χ1v) is 7.93. The van der Waals surface area contributed by atoms with Crippen molar-refractivity contribution in [2.24, 2.45) is 0 Å². The van der Waals surface area contributed by atoms with Crippen LogP contribution in [-0.4, -0.2) is 20.8 Å². The lowest BCUT2D eigenvalue weighted by Gasteiger charge is -2.12. The number of nitrogens with zero attached hydrogens (tertiary/aromatic N) is 2. The smallest absolute Gasteiger partial charge is 0.148 e. The fourth-order valence-corrected chi connectivity index (χ4v) is 2.68. The summed E-state index contributed by atoms with van der Waals surface area (Å²) in [5, 5.41) is 10.4. The van der Waals surface area contributed by atoms with E-state index in [-0.39, 0.29) is 0 Å². The molecule has 120 valence electrons. The van der Waals surface area contributed by atoms with E-state index in [1.807, 2.05) is 54.0 Å². The van der Waals surface area contributed by atoms with E-state index in [0.29, 0.717) is 18.2 Å². The molecule has 0 radical (unpaired) electrons. The van der Waals surface area contributed by atoms with Crippen LogP contribution in [0.25, 0.3) is 11.0 Å². The van der Waals surface area contributed by atoms with Crippen LogP contribution < -0.4 is 4.74 Å². The van der Waals surface area contributed by atoms with E-state index < -0.39 is 6.10 Å². The molecule has 3 aromatic rings. The number of aromatic nitrogens is 2. The highest BCUT2D eigenvalue weighted by atomic mass is 35.5. The summed E-state index contributed by atoms with van der Waals surface area (Å²) >= 11 is 6.04. The lowest BCUT2D eigenvalue weighted by Crippen LogP contribution is -2.15. The molecule has 0 saturated heterocycles. The molecule has 2 aromatic carbocycles. The number of rotatable bonds is 5. The maximum absolute atomic E-state index is 9.76. The van der Waals surface area contributed by atoms with Crippen molar-refractivity contribution < 1.29 is 9.84 Å². The maximum atomic E-state index is 9.76. The number of hydrogen-bond donors (Lipinski definition) is 1. The Morgan fingerprint density at radius 3 is 2.65 bits per heavy atom. The average molecular weight is 331 g/mol. The summed E-state index contributed by atoms with van der Waals surface area (Å²) in [5.74, 6) is 1.56. The Morgan fingerprint density at radius 2 is 1.96 bits per heavy atom. The topological polar surface area (TPSA) is 47.3 Å². The first-order chi connectivity index (χ1) is 11.0. The van der Waals surface area contributed by atoms with Gasteiger partial charge in [-0.25, -0.2) is 4.98 Å². The average Bonchev–Trinajstić information content (AvgIpc) is 2.83. The van der Waals surface area contributed by atoms with Crippen LogP contribution in [0, 0.1) is 6.92 Å². The van der Waals surface area contributed by atoms with Crippen LogP contribution in [-0.2, 0) is 13.2 Å². The quantitative estimate of drug-likeness (QED) is 0.770. The van der Waals surface area contributed by atoms with Gasteiger partial charge in [0.25, 0.3) is 0 Å². The molecule has 0 aliphatic heterocycles. The van der Waals surface area contributed by atoms with Gasteiger partial charge in [0.05, 0.1) is 23.7 Å². The first-order valence-electron chi connectivity index (χ1n) is 7.55. The second-order valence-corrected chi connectivity index (χ2v) is 6.16. The number of aliphatic hydroxyl groups excluding tert-OH is 1. The van der Waals surface area contributed by atoms with Gasteiger partial charge in [0.2, 0.25) is 0 Å². The molecule has 1 heterocycles. The normalized spacial score (nSPS) is 12.5. The Bertz CT molecular complexity index is 810. The number of imidazole rings is 1. The molecule has 0 amide bonds. The Hall–Kier alpha value is -2.04. The summed E-state index contributed by atoms with van der Waals surface area (Å²) in [4.78, 5) is 4.60. The molecule has 1 unspecified atom stereocenters. The summed E-state index contributed by atoms with van der Waals surface area (Å²) in [7, 11) is 0. The molecule has 0 fully saturated rings. The maximum Gasteiger partial charge on any atom is 0.148 e. The van der Waals surface area contributed by atoms with Crippen molar-refractivity contribution in [2.75, 3.05) is 0 Å². The predicted molar refractivity (Wildman–Crippen MR) is 91.9 cm³/mol. The molecule has 0 saturated carbocycles. The van der Waals surface area contributed by atoms with Crippen molar-refractivity contribution in [1.29, 1.82) is 0 Å². The standard InChI is InChI=1S/C18H19ClN2O2/c1-12-3-6-15(7-4-12)23-11-18-20-16-9-14(19)5-8-17(16)21(18)10-13(2)22/h3-9,13,22H,10-11H2,1-2H3. The number of hydrogen-bond acceptors (Lipinski definition) is 3. The zero-order valence-corrected chi connectivity index (χ0v) is 13.9. The van der Waals surface area contributed by atoms with Crippen LogP contribution in [0.15, 0.2) is 42.5 Å². The van der Waals surface area contributed by atoms with E-state index >= 15 is 0 Å². The molecule has 0 spiro atoms. The molecule has 1 aromatic heterocycles. The minimum atomic E-state index is -0.471. The molecule has 5 heteroatoms. The minimum absolute atomic E-state index is 0.335. The first kappa shape index (κ1) is 15.8. The van der Waals surface area contributed by atoms with Gasteiger partial charge in [-0.05, 0) is 44.2 Å². The van der Waals surface area contributed by atoms with Gasteiger partial charge >= 0.3 is 0 Å². The van der Waals surface area contributed by atoms with Crippen molar-refractivity contribution in [3.05, 3.63) is 58.9 Å². The van der Waals surface area contributed by atoms with E-state index in [0.717, 1.165) is 22.6 Å². The van der Waals surface area contributed by atoms with Crippen molar-refractivity contribution >= 4 is 22.6 Å². The van der Waals surface area contributed by atoms with Crippen molar-refractivity contribution in [1.82, 2.24) is 9.55 Å². The molecule has 23 heavy (non-hydrogen) atoms. The third kappa shape index (κ3) is 3.66. The van der Waals surface area contributed by atoms with E-state index in [2.05, 4.69) is 4.98 Å². The highest BCUT2D eigenvalue weighted by Crippen LogP contribution is 2.22. The van der Waals surface area contributed by atoms with Crippen LogP contribution >= 0.6 is 11.6 Å². The van der Waals surface area contributed by atoms with Crippen LogP contribution in [0.5, 0.6) is 5.75 Å². The monoisotopic (exact) mass is 330 g/mol.